The maximum absolute atomic E-state index is 12.6. The van der Waals surface area contributed by atoms with Crippen molar-refractivity contribution in [3.8, 4) is 0 Å². The van der Waals surface area contributed by atoms with Crippen LogP contribution in [0.2, 0.25) is 10.0 Å². The SMILES string of the molecule is Cc1cccc(C(=O)N2CCN(Cc3ccc(Cl)cc3Cl)CC2)c1. The second kappa shape index (κ2) is 7.56. The van der Waals surface area contributed by atoms with E-state index in [0.717, 1.165) is 49.4 Å². The van der Waals surface area contributed by atoms with Crippen molar-refractivity contribution in [3.05, 3.63) is 69.2 Å². The molecule has 0 spiro atoms. The molecule has 24 heavy (non-hydrogen) atoms. The van der Waals surface area contributed by atoms with E-state index in [4.69, 9.17) is 23.2 Å². The molecule has 0 N–H and O–H groups in total. The first-order valence-corrected chi connectivity index (χ1v) is 8.81. The summed E-state index contributed by atoms with van der Waals surface area (Å²) in [6.45, 7) is 5.94. The number of rotatable bonds is 3. The molecule has 1 aliphatic heterocycles. The molecule has 0 saturated carbocycles. The molecule has 5 heteroatoms. The molecule has 0 atom stereocenters. The molecule has 126 valence electrons. The van der Waals surface area contributed by atoms with Crippen LogP contribution in [-0.4, -0.2) is 41.9 Å². The van der Waals surface area contributed by atoms with Gasteiger partial charge in [0.1, 0.15) is 0 Å². The highest BCUT2D eigenvalue weighted by atomic mass is 35.5. The predicted octanol–water partition coefficient (Wildman–Crippen LogP) is 4.26. The number of benzene rings is 2. The van der Waals surface area contributed by atoms with Crippen LogP contribution in [-0.2, 0) is 6.54 Å². The van der Waals surface area contributed by atoms with E-state index in [9.17, 15) is 4.79 Å². The second-order valence-electron chi connectivity index (χ2n) is 6.17. The van der Waals surface area contributed by atoms with Crippen LogP contribution < -0.4 is 0 Å². The Bertz CT molecular complexity index is 740. The first-order valence-electron chi connectivity index (χ1n) is 8.05. The average molecular weight is 363 g/mol. The van der Waals surface area contributed by atoms with Gasteiger partial charge in [0.15, 0.2) is 0 Å². The van der Waals surface area contributed by atoms with Gasteiger partial charge in [-0.05, 0) is 36.8 Å². The van der Waals surface area contributed by atoms with E-state index in [-0.39, 0.29) is 5.91 Å². The van der Waals surface area contributed by atoms with Crippen LogP contribution in [0.15, 0.2) is 42.5 Å². The summed E-state index contributed by atoms with van der Waals surface area (Å²) in [6, 6.07) is 13.4. The number of carbonyl (C=O) groups excluding carboxylic acids is 1. The third-order valence-corrected chi connectivity index (χ3v) is 4.92. The average Bonchev–Trinajstić information content (AvgIpc) is 2.57. The molecule has 0 bridgehead atoms. The third kappa shape index (κ3) is 4.10. The summed E-state index contributed by atoms with van der Waals surface area (Å²) in [5, 5.41) is 1.35. The number of aryl methyl sites for hydroxylation is 1. The summed E-state index contributed by atoms with van der Waals surface area (Å²) >= 11 is 12.2. The van der Waals surface area contributed by atoms with Crippen molar-refractivity contribution in [2.45, 2.75) is 13.5 Å². The van der Waals surface area contributed by atoms with E-state index in [1.807, 2.05) is 48.2 Å². The summed E-state index contributed by atoms with van der Waals surface area (Å²) < 4.78 is 0. The van der Waals surface area contributed by atoms with Crippen LogP contribution in [0.25, 0.3) is 0 Å². The molecule has 3 rings (SSSR count). The molecule has 0 aliphatic carbocycles. The Balaban J connectivity index is 1.58. The van der Waals surface area contributed by atoms with E-state index in [1.165, 1.54) is 0 Å². The summed E-state index contributed by atoms with van der Waals surface area (Å²) in [4.78, 5) is 16.8. The number of nitrogens with zero attached hydrogens (tertiary/aromatic N) is 2. The zero-order chi connectivity index (χ0) is 17.1. The largest absolute Gasteiger partial charge is 0.336 e. The molecule has 1 saturated heterocycles. The van der Waals surface area contributed by atoms with Gasteiger partial charge in [-0.3, -0.25) is 9.69 Å². The molecule has 3 nitrogen and oxygen atoms in total. The van der Waals surface area contributed by atoms with Crippen molar-refractivity contribution in [1.82, 2.24) is 9.80 Å². The van der Waals surface area contributed by atoms with E-state index in [1.54, 1.807) is 6.07 Å². The molecular formula is C19H20Cl2N2O. The smallest absolute Gasteiger partial charge is 0.253 e. The highest BCUT2D eigenvalue weighted by Gasteiger charge is 2.22. The van der Waals surface area contributed by atoms with Crippen LogP contribution in [0.1, 0.15) is 21.5 Å². The van der Waals surface area contributed by atoms with Crippen molar-refractivity contribution in [2.75, 3.05) is 26.2 Å². The standard InChI is InChI=1S/C19H20Cl2N2O/c1-14-3-2-4-15(11-14)19(24)23-9-7-22(8-10-23)13-16-5-6-17(20)12-18(16)21/h2-6,11-12H,7-10,13H2,1H3. The van der Waals surface area contributed by atoms with Crippen molar-refractivity contribution < 1.29 is 4.79 Å². The van der Waals surface area contributed by atoms with E-state index in [2.05, 4.69) is 4.90 Å². The Morgan fingerprint density at radius 1 is 1.04 bits per heavy atom. The summed E-state index contributed by atoms with van der Waals surface area (Å²) in [6.07, 6.45) is 0. The maximum atomic E-state index is 12.6. The number of piperazine rings is 1. The molecule has 1 amide bonds. The molecule has 2 aromatic carbocycles. The minimum atomic E-state index is 0.114. The quantitative estimate of drug-likeness (QED) is 0.814. The van der Waals surface area contributed by atoms with Crippen LogP contribution in [0.3, 0.4) is 0 Å². The molecular weight excluding hydrogens is 343 g/mol. The topological polar surface area (TPSA) is 23.6 Å². The summed E-state index contributed by atoms with van der Waals surface area (Å²) in [5.41, 5.74) is 2.94. The first-order chi connectivity index (χ1) is 11.5. The van der Waals surface area contributed by atoms with Gasteiger partial charge in [-0.1, -0.05) is 47.0 Å². The Kier molecular flexibility index (Phi) is 5.44. The lowest BCUT2D eigenvalue weighted by Gasteiger charge is -2.35. The fourth-order valence-corrected chi connectivity index (χ4v) is 3.43. The van der Waals surface area contributed by atoms with Crippen LogP contribution in [0, 0.1) is 6.92 Å². The van der Waals surface area contributed by atoms with Gasteiger partial charge in [0.25, 0.3) is 5.91 Å². The van der Waals surface area contributed by atoms with Crippen LogP contribution in [0.5, 0.6) is 0 Å². The number of amides is 1. The lowest BCUT2D eigenvalue weighted by Crippen LogP contribution is -2.48. The molecule has 1 heterocycles. The van der Waals surface area contributed by atoms with Gasteiger partial charge >= 0.3 is 0 Å². The monoisotopic (exact) mass is 362 g/mol. The Labute approximate surface area is 152 Å². The van der Waals surface area contributed by atoms with Crippen LogP contribution >= 0.6 is 23.2 Å². The molecule has 2 aromatic rings. The van der Waals surface area contributed by atoms with Gasteiger partial charge in [-0.2, -0.15) is 0 Å². The number of carbonyl (C=O) groups is 1. The lowest BCUT2D eigenvalue weighted by atomic mass is 10.1. The minimum Gasteiger partial charge on any atom is -0.336 e. The van der Waals surface area contributed by atoms with Crippen molar-refractivity contribution >= 4 is 29.1 Å². The maximum Gasteiger partial charge on any atom is 0.253 e. The zero-order valence-corrected chi connectivity index (χ0v) is 15.1. The normalized spacial score (nSPS) is 15.5. The van der Waals surface area contributed by atoms with E-state index >= 15 is 0 Å². The molecule has 0 unspecified atom stereocenters. The van der Waals surface area contributed by atoms with Gasteiger partial charge in [0.2, 0.25) is 0 Å². The van der Waals surface area contributed by atoms with Gasteiger partial charge in [-0.15, -0.1) is 0 Å². The fraction of sp³-hybridized carbons (Fsp3) is 0.316. The number of hydrogen-bond acceptors (Lipinski definition) is 2. The van der Waals surface area contributed by atoms with Crippen molar-refractivity contribution in [3.63, 3.8) is 0 Å². The molecule has 1 aliphatic rings. The van der Waals surface area contributed by atoms with Gasteiger partial charge in [-0.25, -0.2) is 0 Å². The summed E-state index contributed by atoms with van der Waals surface area (Å²) in [7, 11) is 0. The fourth-order valence-electron chi connectivity index (χ4n) is 2.96. The van der Waals surface area contributed by atoms with E-state index < -0.39 is 0 Å². The van der Waals surface area contributed by atoms with Gasteiger partial charge in [0.05, 0.1) is 0 Å². The Hall–Kier alpha value is -1.55. The molecule has 0 radical (unpaired) electrons. The second-order valence-corrected chi connectivity index (χ2v) is 7.02. The highest BCUT2D eigenvalue weighted by Crippen LogP contribution is 2.23. The summed E-state index contributed by atoms with van der Waals surface area (Å²) in [5.74, 6) is 0.114. The Morgan fingerprint density at radius 2 is 1.79 bits per heavy atom. The van der Waals surface area contributed by atoms with Crippen molar-refractivity contribution in [2.24, 2.45) is 0 Å². The number of halogens is 2. The lowest BCUT2D eigenvalue weighted by molar-refractivity contribution is 0.0628. The van der Waals surface area contributed by atoms with E-state index in [0.29, 0.717) is 10.0 Å². The molecule has 0 aromatic heterocycles. The zero-order valence-electron chi connectivity index (χ0n) is 13.6. The highest BCUT2D eigenvalue weighted by molar-refractivity contribution is 6.35. The van der Waals surface area contributed by atoms with Gasteiger partial charge in [0, 0.05) is 48.3 Å². The van der Waals surface area contributed by atoms with Gasteiger partial charge < -0.3 is 4.90 Å². The minimum absolute atomic E-state index is 0.114. The Morgan fingerprint density at radius 3 is 2.46 bits per heavy atom. The molecule has 1 fully saturated rings. The predicted molar refractivity (Wildman–Crippen MR) is 98.8 cm³/mol. The number of hydrogen-bond donors (Lipinski definition) is 0. The first kappa shape index (κ1) is 17.3. The van der Waals surface area contributed by atoms with Crippen molar-refractivity contribution in [1.29, 1.82) is 0 Å². The third-order valence-electron chi connectivity index (χ3n) is 4.33. The van der Waals surface area contributed by atoms with Crippen LogP contribution in [0.4, 0.5) is 0 Å².